The van der Waals surface area contributed by atoms with Crippen LogP contribution in [0.1, 0.15) is 30.5 Å². The summed E-state index contributed by atoms with van der Waals surface area (Å²) in [5.41, 5.74) is 5.72. The van der Waals surface area contributed by atoms with Crippen molar-refractivity contribution in [3.63, 3.8) is 0 Å². The fourth-order valence-electron chi connectivity index (χ4n) is 3.60. The molecule has 148 valence electrons. The van der Waals surface area contributed by atoms with E-state index in [-0.39, 0.29) is 13.2 Å². The number of halogens is 1. The minimum atomic E-state index is -0.902. The molecule has 2 N–H and O–H groups in total. The molecule has 3 aromatic rings. The van der Waals surface area contributed by atoms with Crippen molar-refractivity contribution in [1.82, 2.24) is 0 Å². The van der Waals surface area contributed by atoms with Crippen LogP contribution in [0.2, 0.25) is 5.02 Å². The SMILES string of the molecule is CCc1cc(OCC(O)CO)c2ccc(C)c(-c3c(Cl)cccc3CC)c2c1. The molecular weight excluding hydrogens is 372 g/mol. The van der Waals surface area contributed by atoms with Crippen molar-refractivity contribution in [3.8, 4) is 16.9 Å². The number of aliphatic hydroxyl groups is 2. The highest BCUT2D eigenvalue weighted by molar-refractivity contribution is 6.34. The molecule has 0 aliphatic heterocycles. The maximum Gasteiger partial charge on any atom is 0.127 e. The molecule has 28 heavy (non-hydrogen) atoms. The Morgan fingerprint density at radius 2 is 1.79 bits per heavy atom. The zero-order chi connectivity index (χ0) is 20.3. The van der Waals surface area contributed by atoms with Gasteiger partial charge in [-0.05, 0) is 59.5 Å². The molecule has 0 spiro atoms. The zero-order valence-corrected chi connectivity index (χ0v) is 17.4. The van der Waals surface area contributed by atoms with E-state index in [2.05, 4.69) is 45.0 Å². The minimum Gasteiger partial charge on any atom is -0.490 e. The Balaban J connectivity index is 2.29. The van der Waals surface area contributed by atoms with Gasteiger partial charge < -0.3 is 14.9 Å². The molecule has 0 aliphatic carbocycles. The van der Waals surface area contributed by atoms with Crippen molar-refractivity contribution in [2.75, 3.05) is 13.2 Å². The van der Waals surface area contributed by atoms with Gasteiger partial charge in [-0.1, -0.05) is 55.8 Å². The number of aliphatic hydroxyl groups excluding tert-OH is 2. The lowest BCUT2D eigenvalue weighted by molar-refractivity contribution is 0.0541. The molecule has 0 amide bonds. The van der Waals surface area contributed by atoms with Crippen molar-refractivity contribution in [1.29, 1.82) is 0 Å². The predicted octanol–water partition coefficient (Wildman–Crippen LogP) is 5.33. The van der Waals surface area contributed by atoms with Gasteiger partial charge in [0.05, 0.1) is 6.61 Å². The van der Waals surface area contributed by atoms with Crippen molar-refractivity contribution >= 4 is 22.4 Å². The second-order valence-electron chi connectivity index (χ2n) is 7.08. The van der Waals surface area contributed by atoms with E-state index in [0.29, 0.717) is 5.75 Å². The first-order chi connectivity index (χ1) is 13.5. The first kappa shape index (κ1) is 20.7. The Labute approximate surface area is 171 Å². The van der Waals surface area contributed by atoms with E-state index in [1.807, 2.05) is 18.2 Å². The summed E-state index contributed by atoms with van der Waals surface area (Å²) in [5, 5.41) is 21.6. The monoisotopic (exact) mass is 398 g/mol. The summed E-state index contributed by atoms with van der Waals surface area (Å²) in [6.07, 6.45) is 0.858. The molecule has 0 saturated heterocycles. The number of hydrogen-bond donors (Lipinski definition) is 2. The van der Waals surface area contributed by atoms with Crippen LogP contribution >= 0.6 is 11.6 Å². The Bertz CT molecular complexity index is 981. The van der Waals surface area contributed by atoms with Gasteiger partial charge in [0.2, 0.25) is 0 Å². The van der Waals surface area contributed by atoms with E-state index < -0.39 is 6.10 Å². The second kappa shape index (κ2) is 8.95. The molecular formula is C24H27ClO3. The number of hydrogen-bond acceptors (Lipinski definition) is 3. The van der Waals surface area contributed by atoms with E-state index in [9.17, 15) is 5.11 Å². The molecule has 0 saturated carbocycles. The second-order valence-corrected chi connectivity index (χ2v) is 7.48. The number of benzene rings is 3. The molecule has 4 heteroatoms. The van der Waals surface area contributed by atoms with Crippen LogP contribution in [-0.2, 0) is 12.8 Å². The van der Waals surface area contributed by atoms with Crippen molar-refractivity contribution < 1.29 is 14.9 Å². The van der Waals surface area contributed by atoms with Crippen LogP contribution in [0, 0.1) is 6.92 Å². The van der Waals surface area contributed by atoms with Gasteiger partial charge in [-0.25, -0.2) is 0 Å². The summed E-state index contributed by atoms with van der Waals surface area (Å²) in [5.74, 6) is 0.716. The molecule has 0 heterocycles. The van der Waals surface area contributed by atoms with Crippen LogP contribution in [0.3, 0.4) is 0 Å². The molecule has 3 aromatic carbocycles. The first-order valence-corrected chi connectivity index (χ1v) is 10.1. The van der Waals surface area contributed by atoms with Crippen molar-refractivity contribution in [2.24, 2.45) is 0 Å². The van der Waals surface area contributed by atoms with Crippen LogP contribution < -0.4 is 4.74 Å². The lowest BCUT2D eigenvalue weighted by Crippen LogP contribution is -2.21. The Morgan fingerprint density at radius 3 is 2.46 bits per heavy atom. The Hall–Kier alpha value is -2.07. The number of fused-ring (bicyclic) bond motifs is 1. The highest BCUT2D eigenvalue weighted by atomic mass is 35.5. The molecule has 3 rings (SSSR count). The standard InChI is InChI=1S/C24H27ClO3/c1-4-16-11-20-19(22(12-16)28-14-18(27)13-26)10-9-15(3)23(20)24-17(5-2)7-6-8-21(24)25/h6-12,18,26-27H,4-5,13-14H2,1-3H3. The molecule has 0 aromatic heterocycles. The fourth-order valence-corrected chi connectivity index (χ4v) is 3.89. The van der Waals surface area contributed by atoms with E-state index in [4.69, 9.17) is 21.4 Å². The summed E-state index contributed by atoms with van der Waals surface area (Å²) in [6, 6.07) is 14.4. The van der Waals surface area contributed by atoms with Gasteiger partial charge >= 0.3 is 0 Å². The summed E-state index contributed by atoms with van der Waals surface area (Å²) < 4.78 is 5.89. The van der Waals surface area contributed by atoms with Gasteiger partial charge in [0.25, 0.3) is 0 Å². The Morgan fingerprint density at radius 1 is 1.00 bits per heavy atom. The van der Waals surface area contributed by atoms with E-state index in [1.54, 1.807) is 0 Å². The van der Waals surface area contributed by atoms with Gasteiger partial charge in [-0.2, -0.15) is 0 Å². The van der Waals surface area contributed by atoms with E-state index >= 15 is 0 Å². The largest absolute Gasteiger partial charge is 0.490 e. The van der Waals surface area contributed by atoms with E-state index in [1.165, 1.54) is 5.56 Å². The Kier molecular flexibility index (Phi) is 6.61. The summed E-state index contributed by atoms with van der Waals surface area (Å²) in [4.78, 5) is 0. The quantitative estimate of drug-likeness (QED) is 0.565. The van der Waals surface area contributed by atoms with Gasteiger partial charge in [-0.15, -0.1) is 0 Å². The van der Waals surface area contributed by atoms with Crippen LogP contribution in [0.4, 0.5) is 0 Å². The molecule has 0 bridgehead atoms. The highest BCUT2D eigenvalue weighted by Gasteiger charge is 2.17. The molecule has 1 atom stereocenters. The maximum absolute atomic E-state index is 9.71. The van der Waals surface area contributed by atoms with Crippen molar-refractivity contribution in [2.45, 2.75) is 39.7 Å². The van der Waals surface area contributed by atoms with E-state index in [0.717, 1.165) is 50.9 Å². The molecule has 0 aliphatic rings. The van der Waals surface area contributed by atoms with Crippen LogP contribution in [0.15, 0.2) is 42.5 Å². The molecule has 3 nitrogen and oxygen atoms in total. The predicted molar refractivity (Wildman–Crippen MR) is 116 cm³/mol. The van der Waals surface area contributed by atoms with Crippen LogP contribution in [0.25, 0.3) is 21.9 Å². The van der Waals surface area contributed by atoms with Gasteiger partial charge in [0.15, 0.2) is 0 Å². The van der Waals surface area contributed by atoms with Gasteiger partial charge in [0.1, 0.15) is 18.5 Å². The summed E-state index contributed by atoms with van der Waals surface area (Å²) >= 11 is 6.66. The number of aryl methyl sites for hydroxylation is 3. The van der Waals surface area contributed by atoms with Crippen LogP contribution in [0.5, 0.6) is 5.75 Å². The normalized spacial score (nSPS) is 12.4. The maximum atomic E-state index is 9.71. The third kappa shape index (κ3) is 4.02. The minimum absolute atomic E-state index is 0.0499. The number of rotatable bonds is 7. The van der Waals surface area contributed by atoms with Crippen molar-refractivity contribution in [3.05, 3.63) is 64.2 Å². The lowest BCUT2D eigenvalue weighted by atomic mass is 9.89. The first-order valence-electron chi connectivity index (χ1n) is 9.75. The fraction of sp³-hybridized carbons (Fsp3) is 0.333. The van der Waals surface area contributed by atoms with Crippen LogP contribution in [-0.4, -0.2) is 29.5 Å². The topological polar surface area (TPSA) is 49.7 Å². The smallest absolute Gasteiger partial charge is 0.127 e. The van der Waals surface area contributed by atoms with Gasteiger partial charge in [-0.3, -0.25) is 0 Å². The summed E-state index contributed by atoms with van der Waals surface area (Å²) in [7, 11) is 0. The average molecular weight is 399 g/mol. The zero-order valence-electron chi connectivity index (χ0n) is 16.6. The molecule has 0 fully saturated rings. The third-order valence-corrected chi connectivity index (χ3v) is 5.46. The molecule has 1 unspecified atom stereocenters. The summed E-state index contributed by atoms with van der Waals surface area (Å²) in [6.45, 7) is 6.07. The third-order valence-electron chi connectivity index (χ3n) is 5.15. The molecule has 0 radical (unpaired) electrons. The average Bonchev–Trinajstić information content (AvgIpc) is 2.71. The lowest BCUT2D eigenvalue weighted by Gasteiger charge is -2.19. The number of ether oxygens (including phenoxy) is 1. The highest BCUT2D eigenvalue weighted by Crippen LogP contribution is 2.41. The van der Waals surface area contributed by atoms with Gasteiger partial charge in [0, 0.05) is 16.0 Å².